The molecule has 0 fully saturated rings. The van der Waals surface area contributed by atoms with Crippen LogP contribution in [0.1, 0.15) is 29.2 Å². The van der Waals surface area contributed by atoms with Gasteiger partial charge in [0.2, 0.25) is 12.1 Å². The summed E-state index contributed by atoms with van der Waals surface area (Å²) >= 11 is 0. The number of quaternary nitrogens is 1. The van der Waals surface area contributed by atoms with Gasteiger partial charge in [0.05, 0.1) is 39.4 Å². The molecule has 6 heteroatoms. The maximum absolute atomic E-state index is 6.68. The topological polar surface area (TPSA) is 69.6 Å². The smallest absolute Gasteiger partial charge is 0.306 e. The highest BCUT2D eigenvalue weighted by molar-refractivity contribution is 5.91. The molecule has 0 saturated carbocycles. The second-order valence-corrected chi connectivity index (χ2v) is 8.11. The third-order valence-corrected chi connectivity index (χ3v) is 5.74. The number of fused-ring (bicyclic) bond motifs is 4. The fourth-order valence-corrected chi connectivity index (χ4v) is 4.26. The van der Waals surface area contributed by atoms with Crippen molar-refractivity contribution in [2.75, 3.05) is 26.4 Å². The number of anilines is 1. The number of hydrogen-bond donors (Lipinski definition) is 2. The van der Waals surface area contributed by atoms with Gasteiger partial charge in [0.15, 0.2) is 0 Å². The van der Waals surface area contributed by atoms with Crippen LogP contribution < -0.4 is 19.9 Å². The molecule has 0 unspecified atom stereocenters. The fourth-order valence-electron chi connectivity index (χ4n) is 4.26. The van der Waals surface area contributed by atoms with E-state index in [4.69, 9.17) is 14.9 Å². The van der Waals surface area contributed by atoms with Crippen LogP contribution in [-0.4, -0.2) is 25.6 Å². The molecule has 0 bridgehead atoms. The summed E-state index contributed by atoms with van der Waals surface area (Å²) in [4.78, 5) is 6.07. The SMILES string of the molecule is C[NH+](C)CCC[n+]1cnc2c(c1N)[C@H](c1ccco1)c1ccc3ccccc3c1O2. The molecule has 2 aromatic heterocycles. The molecule has 1 aliphatic rings. The Kier molecular flexibility index (Phi) is 4.64. The van der Waals surface area contributed by atoms with Gasteiger partial charge in [-0.3, -0.25) is 0 Å². The van der Waals surface area contributed by atoms with E-state index in [9.17, 15) is 0 Å². The van der Waals surface area contributed by atoms with Crippen LogP contribution in [-0.2, 0) is 6.54 Å². The Labute approximate surface area is 175 Å². The van der Waals surface area contributed by atoms with Crippen LogP contribution in [0.3, 0.4) is 0 Å². The predicted octanol–water partition coefficient (Wildman–Crippen LogP) is 2.52. The summed E-state index contributed by atoms with van der Waals surface area (Å²) in [5, 5.41) is 2.19. The van der Waals surface area contributed by atoms with Gasteiger partial charge in [-0.25, -0.2) is 4.57 Å². The van der Waals surface area contributed by atoms with Crippen molar-refractivity contribution in [1.29, 1.82) is 0 Å². The van der Waals surface area contributed by atoms with Gasteiger partial charge in [-0.05, 0) is 17.5 Å². The van der Waals surface area contributed by atoms with E-state index in [1.165, 1.54) is 4.90 Å². The van der Waals surface area contributed by atoms with Crippen molar-refractivity contribution in [2.45, 2.75) is 18.9 Å². The second kappa shape index (κ2) is 7.46. The number of rotatable bonds is 5. The maximum Gasteiger partial charge on any atom is 0.306 e. The average Bonchev–Trinajstić information content (AvgIpc) is 3.28. The number of aryl methyl sites for hydroxylation is 1. The lowest BCUT2D eigenvalue weighted by Gasteiger charge is -2.26. The summed E-state index contributed by atoms with van der Waals surface area (Å²) in [7, 11) is 4.31. The van der Waals surface area contributed by atoms with Crippen LogP contribution in [0.2, 0.25) is 0 Å². The number of nitrogens with zero attached hydrogens (tertiary/aromatic N) is 2. The van der Waals surface area contributed by atoms with Crippen molar-refractivity contribution in [3.63, 3.8) is 0 Å². The molecule has 6 nitrogen and oxygen atoms in total. The van der Waals surface area contributed by atoms with Gasteiger partial charge in [0, 0.05) is 17.4 Å². The molecule has 0 amide bonds. The molecule has 4 aromatic rings. The van der Waals surface area contributed by atoms with Gasteiger partial charge in [-0.2, -0.15) is 0 Å². The normalized spacial score (nSPS) is 15.1. The van der Waals surface area contributed by atoms with Gasteiger partial charge >= 0.3 is 5.88 Å². The number of furan rings is 1. The number of ether oxygens (including phenoxy) is 1. The van der Waals surface area contributed by atoms with Gasteiger partial charge in [0.1, 0.15) is 17.1 Å². The molecule has 3 N–H and O–H groups in total. The van der Waals surface area contributed by atoms with E-state index in [0.29, 0.717) is 11.7 Å². The Morgan fingerprint density at radius 3 is 2.77 bits per heavy atom. The van der Waals surface area contributed by atoms with Crippen molar-refractivity contribution in [1.82, 2.24) is 4.98 Å². The summed E-state index contributed by atoms with van der Waals surface area (Å²) in [6.07, 6.45) is 4.51. The largest absolute Gasteiger partial charge is 0.468 e. The lowest BCUT2D eigenvalue weighted by Crippen LogP contribution is -3.05. The zero-order chi connectivity index (χ0) is 20.7. The highest BCUT2D eigenvalue weighted by Crippen LogP contribution is 2.50. The number of aromatic nitrogens is 2. The highest BCUT2D eigenvalue weighted by Gasteiger charge is 2.38. The third kappa shape index (κ3) is 3.09. The zero-order valence-electron chi connectivity index (χ0n) is 17.3. The number of nitrogens with two attached hydrogens (primary N) is 1. The van der Waals surface area contributed by atoms with Crippen LogP contribution in [0.25, 0.3) is 10.8 Å². The molecule has 2 aromatic carbocycles. The van der Waals surface area contributed by atoms with Crippen LogP contribution in [0.4, 0.5) is 5.82 Å². The molecule has 0 spiro atoms. The summed E-state index contributed by atoms with van der Waals surface area (Å²) in [6, 6.07) is 16.4. The molecule has 1 aliphatic heterocycles. The first-order valence-electron chi connectivity index (χ1n) is 10.3. The van der Waals surface area contributed by atoms with E-state index in [0.717, 1.165) is 52.9 Å². The minimum Gasteiger partial charge on any atom is -0.468 e. The van der Waals surface area contributed by atoms with Crippen LogP contribution in [0, 0.1) is 0 Å². The minimum atomic E-state index is -0.164. The summed E-state index contributed by atoms with van der Waals surface area (Å²) in [6.45, 7) is 1.88. The molecule has 152 valence electrons. The van der Waals surface area contributed by atoms with E-state index in [2.05, 4.69) is 43.3 Å². The van der Waals surface area contributed by atoms with Gasteiger partial charge in [-0.15, -0.1) is 0 Å². The van der Waals surface area contributed by atoms with Crippen molar-refractivity contribution in [3.05, 3.63) is 78.0 Å². The third-order valence-electron chi connectivity index (χ3n) is 5.74. The Morgan fingerprint density at radius 2 is 1.97 bits per heavy atom. The van der Waals surface area contributed by atoms with Crippen LogP contribution >= 0.6 is 0 Å². The zero-order valence-corrected chi connectivity index (χ0v) is 17.3. The van der Waals surface area contributed by atoms with E-state index in [1.807, 2.05) is 28.8 Å². The number of hydrogen-bond acceptors (Lipinski definition) is 4. The molecule has 30 heavy (non-hydrogen) atoms. The number of nitrogen functional groups attached to an aromatic ring is 1. The lowest BCUT2D eigenvalue weighted by molar-refractivity contribution is -0.861. The Morgan fingerprint density at radius 1 is 1.10 bits per heavy atom. The number of nitrogens with one attached hydrogen (secondary N) is 1. The molecule has 0 saturated heterocycles. The van der Waals surface area contributed by atoms with Gasteiger partial charge < -0.3 is 19.8 Å². The monoisotopic (exact) mass is 402 g/mol. The average molecular weight is 402 g/mol. The second-order valence-electron chi connectivity index (χ2n) is 8.11. The molecule has 0 radical (unpaired) electrons. The molecular formula is C24H26N4O2+2. The van der Waals surface area contributed by atoms with Crippen molar-refractivity contribution in [2.24, 2.45) is 0 Å². The first-order chi connectivity index (χ1) is 14.6. The van der Waals surface area contributed by atoms with E-state index < -0.39 is 0 Å². The first kappa shape index (κ1) is 18.6. The van der Waals surface area contributed by atoms with Crippen molar-refractivity contribution >= 4 is 16.6 Å². The summed E-state index contributed by atoms with van der Waals surface area (Å²) < 4.78 is 14.2. The quantitative estimate of drug-likeness (QED) is 0.443. The Hall–Kier alpha value is -3.38. The minimum absolute atomic E-state index is 0.164. The molecular weight excluding hydrogens is 376 g/mol. The van der Waals surface area contributed by atoms with Crippen molar-refractivity contribution < 1.29 is 18.6 Å². The van der Waals surface area contributed by atoms with Crippen molar-refractivity contribution in [3.8, 4) is 11.6 Å². The highest BCUT2D eigenvalue weighted by atomic mass is 16.5. The Bertz CT molecular complexity index is 1200. The summed E-state index contributed by atoms with van der Waals surface area (Å²) in [5.74, 6) is 2.71. The first-order valence-corrected chi connectivity index (χ1v) is 10.3. The summed E-state index contributed by atoms with van der Waals surface area (Å²) in [5.41, 5.74) is 8.59. The standard InChI is InChI=1S/C24H24N4O2/c1-27(2)12-6-13-28-15-26-24-21(23(28)25)20(19-9-5-14-29-19)18-11-10-16-7-3-4-8-17(16)22(18)30-24/h3-5,7-11,14-15,20,25H,6,12-13H2,1-2H3/p+2/t20-/m0/s1. The fraction of sp³-hybridized carbons (Fsp3) is 0.250. The van der Waals surface area contributed by atoms with E-state index in [-0.39, 0.29) is 5.92 Å². The molecule has 0 aliphatic carbocycles. The van der Waals surface area contributed by atoms with Gasteiger partial charge in [0.25, 0.3) is 0 Å². The maximum atomic E-state index is 6.68. The molecule has 1 atom stereocenters. The van der Waals surface area contributed by atoms with Crippen LogP contribution in [0.5, 0.6) is 11.6 Å². The van der Waals surface area contributed by atoms with Crippen LogP contribution in [0.15, 0.2) is 65.5 Å². The molecule has 3 heterocycles. The van der Waals surface area contributed by atoms with E-state index >= 15 is 0 Å². The lowest BCUT2D eigenvalue weighted by atomic mass is 9.86. The van der Waals surface area contributed by atoms with Gasteiger partial charge in [-0.1, -0.05) is 41.4 Å². The van der Waals surface area contributed by atoms with E-state index in [1.54, 1.807) is 12.6 Å². The number of benzene rings is 2. The Balaban J connectivity index is 1.66. The molecule has 5 rings (SSSR count). The predicted molar refractivity (Wildman–Crippen MR) is 115 cm³/mol.